The molecule has 0 aromatic rings. The van der Waals surface area contributed by atoms with E-state index < -0.39 is 5.97 Å². The Hall–Kier alpha value is -1.51. The van der Waals surface area contributed by atoms with Gasteiger partial charge in [-0.1, -0.05) is 19.6 Å². The van der Waals surface area contributed by atoms with E-state index in [1.165, 1.54) is 13.2 Å². The second kappa shape index (κ2) is 7.85. The molecule has 0 spiro atoms. The number of allylic oxidation sites excluding steroid dienone is 3. The molecular weight excluding hydrogens is 192 g/mol. The summed E-state index contributed by atoms with van der Waals surface area (Å²) in [7, 11) is 1.33. The number of carbonyl (C=O) groups is 1. The maximum Gasteiger partial charge on any atom is 0.334 e. The van der Waals surface area contributed by atoms with Gasteiger partial charge in [0.05, 0.1) is 19.8 Å². The Kier molecular flexibility index (Phi) is 7.06. The van der Waals surface area contributed by atoms with Crippen LogP contribution >= 0.6 is 0 Å². The molecule has 0 rings (SSSR count). The maximum absolute atomic E-state index is 11.0. The molecule has 0 saturated carbocycles. The molecule has 3 heteroatoms. The molecule has 0 aliphatic rings. The molecule has 0 unspecified atom stereocenters. The van der Waals surface area contributed by atoms with Gasteiger partial charge in [0.15, 0.2) is 0 Å². The first-order valence-corrected chi connectivity index (χ1v) is 4.87. The smallest absolute Gasteiger partial charge is 0.334 e. The van der Waals surface area contributed by atoms with Crippen LogP contribution in [0, 0.1) is 0 Å². The fourth-order valence-corrected chi connectivity index (χ4v) is 0.803. The van der Waals surface area contributed by atoms with Gasteiger partial charge >= 0.3 is 5.97 Å². The van der Waals surface area contributed by atoms with Gasteiger partial charge in [-0.05, 0) is 25.0 Å². The van der Waals surface area contributed by atoms with Crippen molar-refractivity contribution in [2.24, 2.45) is 0 Å². The normalized spacial score (nSPS) is 12.2. The molecule has 0 aromatic heterocycles. The summed E-state index contributed by atoms with van der Waals surface area (Å²) >= 11 is 0. The van der Waals surface area contributed by atoms with Crippen molar-refractivity contribution in [3.8, 4) is 0 Å². The van der Waals surface area contributed by atoms with Gasteiger partial charge < -0.3 is 9.47 Å². The molecule has 0 heterocycles. The van der Waals surface area contributed by atoms with Gasteiger partial charge in [0.2, 0.25) is 0 Å². The minimum atomic E-state index is -0.422. The van der Waals surface area contributed by atoms with Gasteiger partial charge in [-0.2, -0.15) is 0 Å². The molecule has 0 aliphatic heterocycles. The lowest BCUT2D eigenvalue weighted by molar-refractivity contribution is -0.135. The summed E-state index contributed by atoms with van der Waals surface area (Å²) in [6.07, 6.45) is 5.65. The summed E-state index contributed by atoms with van der Waals surface area (Å²) in [6, 6.07) is 0. The topological polar surface area (TPSA) is 35.5 Å². The Bertz CT molecular complexity index is 275. The van der Waals surface area contributed by atoms with Crippen LogP contribution in [0.4, 0.5) is 0 Å². The highest BCUT2D eigenvalue weighted by Gasteiger charge is 2.00. The Morgan fingerprint density at radius 1 is 1.40 bits per heavy atom. The summed E-state index contributed by atoms with van der Waals surface area (Å²) in [4.78, 5) is 11.0. The Balaban J connectivity index is 4.64. The highest BCUT2D eigenvalue weighted by atomic mass is 16.5. The van der Waals surface area contributed by atoms with E-state index in [4.69, 9.17) is 4.74 Å². The molecule has 84 valence electrons. The van der Waals surface area contributed by atoms with Crippen LogP contribution in [0.2, 0.25) is 0 Å². The van der Waals surface area contributed by atoms with E-state index in [1.54, 1.807) is 12.2 Å². The number of carbonyl (C=O) groups excluding carboxylic acids is 1. The molecular formula is C12H18O3. The summed E-state index contributed by atoms with van der Waals surface area (Å²) in [6.45, 7) is 8.08. The third-order valence-corrected chi connectivity index (χ3v) is 1.63. The zero-order valence-corrected chi connectivity index (χ0v) is 9.58. The average Bonchev–Trinajstić information content (AvgIpc) is 2.25. The molecule has 0 aromatic carbocycles. The minimum absolute atomic E-state index is 0.422. The number of hydrogen-bond acceptors (Lipinski definition) is 3. The van der Waals surface area contributed by atoms with E-state index in [-0.39, 0.29) is 0 Å². The van der Waals surface area contributed by atoms with Crippen LogP contribution in [-0.4, -0.2) is 19.7 Å². The van der Waals surface area contributed by atoms with Crippen LogP contribution < -0.4 is 0 Å². The molecule has 3 nitrogen and oxygen atoms in total. The van der Waals surface area contributed by atoms with Crippen LogP contribution in [0.25, 0.3) is 0 Å². The van der Waals surface area contributed by atoms with E-state index in [2.05, 4.69) is 11.3 Å². The van der Waals surface area contributed by atoms with E-state index in [9.17, 15) is 4.79 Å². The quantitative estimate of drug-likeness (QED) is 0.292. The fourth-order valence-electron chi connectivity index (χ4n) is 0.803. The third-order valence-electron chi connectivity index (χ3n) is 1.63. The number of esters is 1. The standard InChI is InChI=1S/C12H18O3/c1-5-7-15-11(8-10(3)6-2)9-12(13)14-4/h6,8-9H,2,5,7H2,1,3-4H3. The van der Waals surface area contributed by atoms with Crippen molar-refractivity contribution in [1.82, 2.24) is 0 Å². The largest absolute Gasteiger partial charge is 0.493 e. The Labute approximate surface area is 91.1 Å². The van der Waals surface area contributed by atoms with Crippen molar-refractivity contribution in [2.45, 2.75) is 20.3 Å². The number of methoxy groups -OCH3 is 1. The summed E-state index contributed by atoms with van der Waals surface area (Å²) in [5, 5.41) is 0. The van der Waals surface area contributed by atoms with Crippen molar-refractivity contribution in [3.05, 3.63) is 36.1 Å². The lowest BCUT2D eigenvalue weighted by Gasteiger charge is -2.05. The summed E-state index contributed by atoms with van der Waals surface area (Å²) in [5.41, 5.74) is 0.932. The molecule has 15 heavy (non-hydrogen) atoms. The van der Waals surface area contributed by atoms with Crippen molar-refractivity contribution >= 4 is 5.97 Å². The summed E-state index contributed by atoms with van der Waals surface area (Å²) < 4.78 is 9.90. The zero-order valence-electron chi connectivity index (χ0n) is 9.58. The van der Waals surface area contributed by atoms with E-state index in [0.29, 0.717) is 12.4 Å². The molecule has 0 N–H and O–H groups in total. The molecule has 0 radical (unpaired) electrons. The van der Waals surface area contributed by atoms with Crippen LogP contribution in [0.1, 0.15) is 20.3 Å². The second-order valence-corrected chi connectivity index (χ2v) is 3.01. The van der Waals surface area contributed by atoms with Crippen LogP contribution in [-0.2, 0) is 14.3 Å². The van der Waals surface area contributed by atoms with Crippen LogP contribution in [0.5, 0.6) is 0 Å². The number of hydrogen-bond donors (Lipinski definition) is 0. The molecule has 0 saturated heterocycles. The monoisotopic (exact) mass is 210 g/mol. The SMILES string of the molecule is C=CC(C)=CC(=CC(=O)OC)OCCC. The van der Waals surface area contributed by atoms with E-state index in [1.807, 2.05) is 13.8 Å². The van der Waals surface area contributed by atoms with Gasteiger partial charge in [0.25, 0.3) is 0 Å². The lowest BCUT2D eigenvalue weighted by atomic mass is 10.2. The zero-order chi connectivity index (χ0) is 11.7. The Morgan fingerprint density at radius 3 is 2.53 bits per heavy atom. The van der Waals surface area contributed by atoms with Crippen molar-refractivity contribution in [2.75, 3.05) is 13.7 Å². The van der Waals surface area contributed by atoms with Crippen molar-refractivity contribution in [3.63, 3.8) is 0 Å². The molecule has 0 atom stereocenters. The van der Waals surface area contributed by atoms with Crippen LogP contribution in [0.15, 0.2) is 36.1 Å². The molecule has 0 bridgehead atoms. The first kappa shape index (κ1) is 13.5. The Morgan fingerprint density at radius 2 is 2.07 bits per heavy atom. The maximum atomic E-state index is 11.0. The van der Waals surface area contributed by atoms with E-state index in [0.717, 1.165) is 12.0 Å². The minimum Gasteiger partial charge on any atom is -0.493 e. The van der Waals surface area contributed by atoms with Gasteiger partial charge in [-0.25, -0.2) is 4.79 Å². The van der Waals surface area contributed by atoms with Gasteiger partial charge in [0.1, 0.15) is 5.76 Å². The van der Waals surface area contributed by atoms with Gasteiger partial charge in [0, 0.05) is 0 Å². The molecule has 0 fully saturated rings. The second-order valence-electron chi connectivity index (χ2n) is 3.01. The summed E-state index contributed by atoms with van der Waals surface area (Å²) in [5.74, 6) is 0.0790. The number of rotatable bonds is 6. The van der Waals surface area contributed by atoms with Crippen molar-refractivity contribution in [1.29, 1.82) is 0 Å². The average molecular weight is 210 g/mol. The van der Waals surface area contributed by atoms with E-state index >= 15 is 0 Å². The first-order chi connectivity index (χ1) is 7.13. The van der Waals surface area contributed by atoms with Gasteiger partial charge in [-0.15, -0.1) is 0 Å². The highest BCUT2D eigenvalue weighted by molar-refractivity contribution is 5.82. The predicted octanol–water partition coefficient (Wildman–Crippen LogP) is 2.60. The lowest BCUT2D eigenvalue weighted by Crippen LogP contribution is -2.00. The predicted molar refractivity (Wildman–Crippen MR) is 60.3 cm³/mol. The molecule has 0 amide bonds. The first-order valence-electron chi connectivity index (χ1n) is 4.87. The van der Waals surface area contributed by atoms with Crippen LogP contribution in [0.3, 0.4) is 0 Å². The third kappa shape index (κ3) is 6.55. The number of ether oxygens (including phenoxy) is 2. The highest BCUT2D eigenvalue weighted by Crippen LogP contribution is 2.06. The molecule has 0 aliphatic carbocycles. The van der Waals surface area contributed by atoms with Crippen molar-refractivity contribution < 1.29 is 14.3 Å². The van der Waals surface area contributed by atoms with Gasteiger partial charge in [-0.3, -0.25) is 0 Å². The fraction of sp³-hybridized carbons (Fsp3) is 0.417.